The number of likely N-dealkylation sites (tertiary alicyclic amines) is 1. The van der Waals surface area contributed by atoms with Crippen LogP contribution in [0.25, 0.3) is 0 Å². The Morgan fingerprint density at radius 1 is 1.12 bits per heavy atom. The zero-order valence-corrected chi connectivity index (χ0v) is 14.6. The molecule has 2 saturated heterocycles. The highest BCUT2D eigenvalue weighted by Gasteiger charge is 2.48. The van der Waals surface area contributed by atoms with Crippen LogP contribution in [0, 0.1) is 5.41 Å². The van der Waals surface area contributed by atoms with Gasteiger partial charge in [-0.2, -0.15) is 0 Å². The summed E-state index contributed by atoms with van der Waals surface area (Å²) in [6.45, 7) is 6.38. The molecule has 0 aliphatic carbocycles. The minimum Gasteiger partial charge on any atom is -0.481 e. The number of β-amino-alcohol motifs (C(OH)–C–C–N with tert-alkyl or cyclic N) is 1. The standard InChI is InChI=1S/C19H28N2O4/c22-17-15-21(9-8-20-10-12-25-13-11-20)7-6-19(17,18(23)24)14-16-4-2-1-3-5-16/h1-5,17,22H,6-15H2,(H,23,24)/t17?,19-/m1/s1. The molecule has 2 heterocycles. The zero-order chi connectivity index (χ0) is 17.7. The van der Waals surface area contributed by atoms with Gasteiger partial charge in [0.05, 0.1) is 19.3 Å². The fourth-order valence-corrected chi connectivity index (χ4v) is 3.84. The van der Waals surface area contributed by atoms with E-state index >= 15 is 0 Å². The highest BCUT2D eigenvalue weighted by Crippen LogP contribution is 2.36. The summed E-state index contributed by atoms with van der Waals surface area (Å²) in [6, 6.07) is 9.61. The molecule has 1 aromatic rings. The third-order valence-corrected chi connectivity index (χ3v) is 5.57. The molecule has 0 amide bonds. The van der Waals surface area contributed by atoms with Crippen LogP contribution in [0.5, 0.6) is 0 Å². The molecular weight excluding hydrogens is 320 g/mol. The topological polar surface area (TPSA) is 73.2 Å². The number of benzene rings is 1. The first-order valence-electron chi connectivity index (χ1n) is 9.08. The SMILES string of the molecule is O=C(O)[C@@]1(Cc2ccccc2)CCN(CCN2CCOCC2)CC1O. The van der Waals surface area contributed by atoms with Gasteiger partial charge in [-0.15, -0.1) is 0 Å². The highest BCUT2D eigenvalue weighted by atomic mass is 16.5. The summed E-state index contributed by atoms with van der Waals surface area (Å²) < 4.78 is 5.36. The third kappa shape index (κ3) is 4.39. The molecule has 0 aromatic heterocycles. The number of rotatable bonds is 6. The lowest BCUT2D eigenvalue weighted by atomic mass is 9.71. The first-order chi connectivity index (χ1) is 12.1. The van der Waals surface area contributed by atoms with Crippen molar-refractivity contribution >= 4 is 5.97 Å². The molecule has 2 aliphatic heterocycles. The van der Waals surface area contributed by atoms with E-state index in [2.05, 4.69) is 9.80 Å². The fourth-order valence-electron chi connectivity index (χ4n) is 3.84. The lowest BCUT2D eigenvalue weighted by Gasteiger charge is -2.43. The predicted octanol–water partition coefficient (Wildman–Crippen LogP) is 0.699. The Balaban J connectivity index is 1.59. The molecule has 3 rings (SSSR count). The van der Waals surface area contributed by atoms with Crippen LogP contribution in [0.3, 0.4) is 0 Å². The molecule has 0 spiro atoms. The molecule has 2 atom stereocenters. The minimum absolute atomic E-state index is 0.377. The van der Waals surface area contributed by atoms with Crippen LogP contribution >= 0.6 is 0 Å². The number of nitrogens with zero attached hydrogens (tertiary/aromatic N) is 2. The number of aliphatic hydroxyl groups is 1. The van der Waals surface area contributed by atoms with Gasteiger partial charge in [-0.25, -0.2) is 0 Å². The molecule has 1 aromatic carbocycles. The van der Waals surface area contributed by atoms with E-state index in [4.69, 9.17) is 4.74 Å². The van der Waals surface area contributed by atoms with Gasteiger partial charge in [0, 0.05) is 32.7 Å². The van der Waals surface area contributed by atoms with Crippen LogP contribution in [-0.2, 0) is 16.0 Å². The quantitative estimate of drug-likeness (QED) is 0.788. The van der Waals surface area contributed by atoms with Crippen LogP contribution in [0.4, 0.5) is 0 Å². The van der Waals surface area contributed by atoms with Crippen molar-refractivity contribution in [2.24, 2.45) is 5.41 Å². The molecule has 2 aliphatic rings. The van der Waals surface area contributed by atoms with E-state index in [1.54, 1.807) is 0 Å². The second-order valence-electron chi connectivity index (χ2n) is 7.14. The van der Waals surface area contributed by atoms with Crippen molar-refractivity contribution in [3.8, 4) is 0 Å². The van der Waals surface area contributed by atoms with E-state index in [9.17, 15) is 15.0 Å². The minimum atomic E-state index is -1.09. The second-order valence-corrected chi connectivity index (χ2v) is 7.14. The normalized spacial score (nSPS) is 28.8. The Hall–Kier alpha value is -1.47. The first kappa shape index (κ1) is 18.3. The molecule has 25 heavy (non-hydrogen) atoms. The van der Waals surface area contributed by atoms with Gasteiger partial charge in [0.1, 0.15) is 5.41 Å². The number of hydrogen-bond donors (Lipinski definition) is 2. The molecule has 6 nitrogen and oxygen atoms in total. The molecule has 0 radical (unpaired) electrons. The Kier molecular flexibility index (Phi) is 6.06. The second kappa shape index (κ2) is 8.27. The van der Waals surface area contributed by atoms with Gasteiger partial charge >= 0.3 is 5.97 Å². The summed E-state index contributed by atoms with van der Waals surface area (Å²) in [7, 11) is 0. The van der Waals surface area contributed by atoms with Crippen molar-refractivity contribution in [1.82, 2.24) is 9.80 Å². The number of carboxylic acid groups (broad SMARTS) is 1. The van der Waals surface area contributed by atoms with Gasteiger partial charge in [0.2, 0.25) is 0 Å². The maximum Gasteiger partial charge on any atom is 0.312 e. The molecular formula is C19H28N2O4. The summed E-state index contributed by atoms with van der Waals surface area (Å²) in [5.74, 6) is -0.892. The number of hydrogen-bond acceptors (Lipinski definition) is 5. The lowest BCUT2D eigenvalue weighted by Crippen LogP contribution is -2.56. The van der Waals surface area contributed by atoms with Gasteiger partial charge in [-0.05, 0) is 24.9 Å². The maximum absolute atomic E-state index is 12.0. The predicted molar refractivity (Wildman–Crippen MR) is 94.5 cm³/mol. The Labute approximate surface area is 149 Å². The van der Waals surface area contributed by atoms with E-state index in [-0.39, 0.29) is 0 Å². The summed E-state index contributed by atoms with van der Waals surface area (Å²) in [5, 5.41) is 20.5. The van der Waals surface area contributed by atoms with E-state index in [1.807, 2.05) is 30.3 Å². The number of carbonyl (C=O) groups is 1. The molecule has 138 valence electrons. The summed E-state index contributed by atoms with van der Waals surface area (Å²) in [4.78, 5) is 16.5. The lowest BCUT2D eigenvalue weighted by molar-refractivity contribution is -0.162. The van der Waals surface area contributed by atoms with Gasteiger partial charge in [-0.3, -0.25) is 14.6 Å². The monoisotopic (exact) mass is 348 g/mol. The van der Waals surface area contributed by atoms with Gasteiger partial charge < -0.3 is 14.9 Å². The number of ether oxygens (including phenoxy) is 1. The number of morpholine rings is 1. The molecule has 0 saturated carbocycles. The van der Waals surface area contributed by atoms with E-state index in [0.29, 0.717) is 25.9 Å². The number of carboxylic acids is 1. The van der Waals surface area contributed by atoms with Crippen LogP contribution in [-0.4, -0.2) is 84.6 Å². The number of aliphatic hydroxyl groups excluding tert-OH is 1. The Morgan fingerprint density at radius 3 is 2.44 bits per heavy atom. The van der Waals surface area contributed by atoms with Crippen molar-refractivity contribution in [1.29, 1.82) is 0 Å². The molecule has 6 heteroatoms. The maximum atomic E-state index is 12.0. The van der Waals surface area contributed by atoms with Crippen LogP contribution in [0.1, 0.15) is 12.0 Å². The van der Waals surface area contributed by atoms with Gasteiger partial charge in [-0.1, -0.05) is 30.3 Å². The van der Waals surface area contributed by atoms with Crippen molar-refractivity contribution in [2.45, 2.75) is 18.9 Å². The summed E-state index contributed by atoms with van der Waals surface area (Å²) in [6.07, 6.45) is -0.00739. The number of aliphatic carboxylic acids is 1. The third-order valence-electron chi connectivity index (χ3n) is 5.57. The Bertz CT molecular complexity index is 562. The molecule has 1 unspecified atom stereocenters. The summed E-state index contributed by atoms with van der Waals surface area (Å²) >= 11 is 0. The van der Waals surface area contributed by atoms with Crippen molar-refractivity contribution in [2.75, 3.05) is 52.5 Å². The highest BCUT2D eigenvalue weighted by molar-refractivity contribution is 5.76. The van der Waals surface area contributed by atoms with E-state index in [1.165, 1.54) is 0 Å². The summed E-state index contributed by atoms with van der Waals surface area (Å²) in [5.41, 5.74) is -0.123. The molecule has 0 bridgehead atoms. The zero-order valence-electron chi connectivity index (χ0n) is 14.6. The average molecular weight is 348 g/mol. The van der Waals surface area contributed by atoms with Crippen LogP contribution in [0.2, 0.25) is 0 Å². The van der Waals surface area contributed by atoms with Gasteiger partial charge in [0.25, 0.3) is 0 Å². The number of piperidine rings is 1. The first-order valence-corrected chi connectivity index (χ1v) is 9.08. The van der Waals surface area contributed by atoms with Crippen molar-refractivity contribution < 1.29 is 19.7 Å². The van der Waals surface area contributed by atoms with Crippen molar-refractivity contribution in [3.05, 3.63) is 35.9 Å². The van der Waals surface area contributed by atoms with E-state index < -0.39 is 17.5 Å². The molecule has 2 fully saturated rings. The van der Waals surface area contributed by atoms with Crippen LogP contribution < -0.4 is 0 Å². The van der Waals surface area contributed by atoms with Crippen LogP contribution in [0.15, 0.2) is 30.3 Å². The fraction of sp³-hybridized carbons (Fsp3) is 0.632. The largest absolute Gasteiger partial charge is 0.481 e. The average Bonchev–Trinajstić information content (AvgIpc) is 2.63. The van der Waals surface area contributed by atoms with Gasteiger partial charge in [0.15, 0.2) is 0 Å². The van der Waals surface area contributed by atoms with E-state index in [0.717, 1.165) is 45.0 Å². The molecule has 2 N–H and O–H groups in total. The smallest absolute Gasteiger partial charge is 0.312 e. The van der Waals surface area contributed by atoms with Crippen molar-refractivity contribution in [3.63, 3.8) is 0 Å². The Morgan fingerprint density at radius 2 is 1.80 bits per heavy atom.